The molecule has 2 atom stereocenters. The van der Waals surface area contributed by atoms with Crippen LogP contribution in [0.3, 0.4) is 0 Å². The minimum atomic E-state index is -0.809. The predicted octanol–water partition coefficient (Wildman–Crippen LogP) is 1.72. The number of hydrogen-bond donors (Lipinski definition) is 2. The highest BCUT2D eigenvalue weighted by atomic mass is 16.5. The van der Waals surface area contributed by atoms with Gasteiger partial charge in [0.1, 0.15) is 5.54 Å². The topological polar surface area (TPSA) is 61.8 Å². The van der Waals surface area contributed by atoms with E-state index in [1.54, 1.807) is 6.92 Å². The van der Waals surface area contributed by atoms with Gasteiger partial charge >= 0.3 is 5.97 Å². The Labute approximate surface area is 122 Å². The summed E-state index contributed by atoms with van der Waals surface area (Å²) in [7, 11) is 2.09. The minimum absolute atomic E-state index is 0.355. The Kier molecular flexibility index (Phi) is 7.48. The molecule has 5 nitrogen and oxygen atoms in total. The summed E-state index contributed by atoms with van der Waals surface area (Å²) in [5.74, 6) is -0.766. The van der Waals surface area contributed by atoms with Gasteiger partial charge in [0.15, 0.2) is 0 Å². The maximum absolute atomic E-state index is 11.3. The summed E-state index contributed by atoms with van der Waals surface area (Å²) in [5, 5.41) is 12.4. The van der Waals surface area contributed by atoms with Gasteiger partial charge in [-0.2, -0.15) is 0 Å². The van der Waals surface area contributed by atoms with E-state index in [0.717, 1.165) is 32.5 Å². The van der Waals surface area contributed by atoms with E-state index in [2.05, 4.69) is 17.3 Å². The van der Waals surface area contributed by atoms with Crippen molar-refractivity contribution in [2.24, 2.45) is 0 Å². The first-order chi connectivity index (χ1) is 9.48. The fourth-order valence-electron chi connectivity index (χ4n) is 2.75. The third-order valence-electron chi connectivity index (χ3n) is 4.04. The second-order valence-electron chi connectivity index (χ2n) is 6.02. The van der Waals surface area contributed by atoms with Crippen LogP contribution in [0.2, 0.25) is 0 Å². The third kappa shape index (κ3) is 5.77. The largest absolute Gasteiger partial charge is 0.480 e. The lowest BCUT2D eigenvalue weighted by Gasteiger charge is -2.29. The van der Waals surface area contributed by atoms with Gasteiger partial charge < -0.3 is 20.1 Å². The number of ether oxygens (including phenoxy) is 1. The van der Waals surface area contributed by atoms with Gasteiger partial charge in [0.2, 0.25) is 0 Å². The zero-order valence-electron chi connectivity index (χ0n) is 13.2. The SMILES string of the molecule is CCNC(C)(CCCN(C)CC1CCCCO1)C(=O)O. The molecule has 0 amide bonds. The number of nitrogens with zero attached hydrogens (tertiary/aromatic N) is 1. The summed E-state index contributed by atoms with van der Waals surface area (Å²) >= 11 is 0. The first kappa shape index (κ1) is 17.4. The van der Waals surface area contributed by atoms with Crippen LogP contribution in [-0.4, -0.2) is 60.9 Å². The number of carboxylic acids is 1. The van der Waals surface area contributed by atoms with Gasteiger partial charge in [-0.1, -0.05) is 6.92 Å². The highest BCUT2D eigenvalue weighted by Crippen LogP contribution is 2.15. The van der Waals surface area contributed by atoms with E-state index in [-0.39, 0.29) is 0 Å². The van der Waals surface area contributed by atoms with E-state index in [9.17, 15) is 9.90 Å². The highest BCUT2D eigenvalue weighted by molar-refractivity contribution is 5.78. The molecule has 5 heteroatoms. The van der Waals surface area contributed by atoms with Crippen molar-refractivity contribution in [3.05, 3.63) is 0 Å². The predicted molar refractivity (Wildman–Crippen MR) is 80.0 cm³/mol. The summed E-state index contributed by atoms with van der Waals surface area (Å²) in [4.78, 5) is 13.6. The molecule has 1 heterocycles. The molecule has 1 saturated heterocycles. The van der Waals surface area contributed by atoms with Gasteiger partial charge in [0.05, 0.1) is 6.10 Å². The van der Waals surface area contributed by atoms with Crippen molar-refractivity contribution in [3.8, 4) is 0 Å². The molecule has 0 aromatic heterocycles. The van der Waals surface area contributed by atoms with E-state index >= 15 is 0 Å². The first-order valence-electron chi connectivity index (χ1n) is 7.76. The fourth-order valence-corrected chi connectivity index (χ4v) is 2.75. The van der Waals surface area contributed by atoms with Crippen molar-refractivity contribution < 1.29 is 14.6 Å². The van der Waals surface area contributed by atoms with Crippen molar-refractivity contribution >= 4 is 5.97 Å². The van der Waals surface area contributed by atoms with E-state index in [1.165, 1.54) is 12.8 Å². The molecule has 0 aromatic carbocycles. The zero-order chi connectivity index (χ0) is 15.0. The number of hydrogen-bond acceptors (Lipinski definition) is 4. The number of likely N-dealkylation sites (N-methyl/N-ethyl adjacent to an activating group) is 2. The Bertz CT molecular complexity index is 293. The van der Waals surface area contributed by atoms with Crippen molar-refractivity contribution in [2.75, 3.05) is 33.3 Å². The maximum Gasteiger partial charge on any atom is 0.323 e. The fraction of sp³-hybridized carbons (Fsp3) is 0.933. The van der Waals surface area contributed by atoms with Crippen LogP contribution in [0, 0.1) is 0 Å². The van der Waals surface area contributed by atoms with Crippen LogP contribution >= 0.6 is 0 Å². The normalized spacial score (nSPS) is 22.7. The van der Waals surface area contributed by atoms with Crippen molar-refractivity contribution in [1.82, 2.24) is 10.2 Å². The average molecular weight is 286 g/mol. The van der Waals surface area contributed by atoms with Crippen LogP contribution in [0.15, 0.2) is 0 Å². The summed E-state index contributed by atoms with van der Waals surface area (Å²) < 4.78 is 5.72. The quantitative estimate of drug-likeness (QED) is 0.676. The van der Waals surface area contributed by atoms with Crippen LogP contribution in [-0.2, 0) is 9.53 Å². The maximum atomic E-state index is 11.3. The minimum Gasteiger partial charge on any atom is -0.480 e. The van der Waals surface area contributed by atoms with Gasteiger partial charge in [0, 0.05) is 13.2 Å². The van der Waals surface area contributed by atoms with Crippen molar-refractivity contribution in [1.29, 1.82) is 0 Å². The molecule has 0 radical (unpaired) electrons. The summed E-state index contributed by atoms with van der Waals surface area (Å²) in [6.07, 6.45) is 5.46. The lowest BCUT2D eigenvalue weighted by molar-refractivity contribution is -0.144. The Morgan fingerprint density at radius 1 is 1.50 bits per heavy atom. The van der Waals surface area contributed by atoms with E-state index in [0.29, 0.717) is 19.1 Å². The molecule has 0 spiro atoms. The molecule has 20 heavy (non-hydrogen) atoms. The second-order valence-corrected chi connectivity index (χ2v) is 6.02. The van der Waals surface area contributed by atoms with Gasteiger partial charge in [0.25, 0.3) is 0 Å². The van der Waals surface area contributed by atoms with Crippen LogP contribution in [0.4, 0.5) is 0 Å². The number of aliphatic carboxylic acids is 1. The monoisotopic (exact) mass is 286 g/mol. The Morgan fingerprint density at radius 3 is 2.80 bits per heavy atom. The van der Waals surface area contributed by atoms with Crippen LogP contribution in [0.5, 0.6) is 0 Å². The van der Waals surface area contributed by atoms with E-state index in [4.69, 9.17) is 4.74 Å². The first-order valence-corrected chi connectivity index (χ1v) is 7.76. The molecule has 0 saturated carbocycles. The van der Waals surface area contributed by atoms with Crippen LogP contribution < -0.4 is 5.32 Å². The van der Waals surface area contributed by atoms with Crippen LogP contribution in [0.1, 0.15) is 46.0 Å². The smallest absolute Gasteiger partial charge is 0.323 e. The molecule has 0 aliphatic carbocycles. The summed E-state index contributed by atoms with van der Waals surface area (Å²) in [6, 6.07) is 0. The Balaban J connectivity index is 2.25. The molecule has 118 valence electrons. The van der Waals surface area contributed by atoms with Gasteiger partial charge in [-0.3, -0.25) is 4.79 Å². The Morgan fingerprint density at radius 2 is 2.25 bits per heavy atom. The molecule has 2 N–H and O–H groups in total. The molecular weight excluding hydrogens is 256 g/mol. The molecular formula is C15H30N2O3. The van der Waals surface area contributed by atoms with E-state index in [1.807, 2.05) is 6.92 Å². The number of nitrogens with one attached hydrogen (secondary N) is 1. The van der Waals surface area contributed by atoms with Gasteiger partial charge in [-0.05, 0) is 59.2 Å². The Hall–Kier alpha value is -0.650. The molecule has 1 rings (SSSR count). The lowest BCUT2D eigenvalue weighted by atomic mass is 9.95. The van der Waals surface area contributed by atoms with Crippen LogP contribution in [0.25, 0.3) is 0 Å². The number of carbonyl (C=O) groups is 1. The van der Waals surface area contributed by atoms with Gasteiger partial charge in [-0.25, -0.2) is 0 Å². The number of carboxylic acid groups (broad SMARTS) is 1. The molecule has 0 aromatic rings. The number of rotatable bonds is 9. The second kappa shape index (κ2) is 8.60. The molecule has 0 bridgehead atoms. The summed E-state index contributed by atoms with van der Waals surface area (Å²) in [5.41, 5.74) is -0.809. The van der Waals surface area contributed by atoms with Gasteiger partial charge in [-0.15, -0.1) is 0 Å². The third-order valence-corrected chi connectivity index (χ3v) is 4.04. The molecule has 1 aliphatic rings. The molecule has 1 aliphatic heterocycles. The summed E-state index contributed by atoms with van der Waals surface area (Å²) in [6.45, 7) is 7.13. The standard InChI is InChI=1S/C15H30N2O3/c1-4-16-15(2,14(18)19)9-7-10-17(3)12-13-8-5-6-11-20-13/h13,16H,4-12H2,1-3H3,(H,18,19). The molecule has 2 unspecified atom stereocenters. The highest BCUT2D eigenvalue weighted by Gasteiger charge is 2.31. The zero-order valence-corrected chi connectivity index (χ0v) is 13.2. The molecule has 1 fully saturated rings. The van der Waals surface area contributed by atoms with Crippen molar-refractivity contribution in [2.45, 2.75) is 57.6 Å². The van der Waals surface area contributed by atoms with Crippen molar-refractivity contribution in [3.63, 3.8) is 0 Å². The average Bonchev–Trinajstić information content (AvgIpc) is 2.40. The lowest BCUT2D eigenvalue weighted by Crippen LogP contribution is -2.49. The van der Waals surface area contributed by atoms with E-state index < -0.39 is 11.5 Å².